The Kier molecular flexibility index (Phi) is 6.07. The van der Waals surface area contributed by atoms with Crippen LogP contribution in [0.3, 0.4) is 0 Å². The van der Waals surface area contributed by atoms with Gasteiger partial charge in [0.1, 0.15) is 5.75 Å². The zero-order valence-electron chi connectivity index (χ0n) is 12.3. The maximum absolute atomic E-state index is 12.0. The third-order valence-corrected chi connectivity index (χ3v) is 3.84. The van der Waals surface area contributed by atoms with E-state index in [0.29, 0.717) is 24.4 Å². The molecule has 0 saturated heterocycles. The van der Waals surface area contributed by atoms with Gasteiger partial charge in [-0.15, -0.1) is 0 Å². The van der Waals surface area contributed by atoms with Crippen LogP contribution < -0.4 is 10.1 Å². The number of aliphatic carboxylic acids is 1. The fourth-order valence-corrected chi connectivity index (χ4v) is 2.64. The number of ether oxygens (including phenoxy) is 1. The molecule has 120 valence electrons. The van der Waals surface area contributed by atoms with Crippen LogP contribution in [0.2, 0.25) is 5.02 Å². The van der Waals surface area contributed by atoms with Crippen molar-refractivity contribution in [2.45, 2.75) is 44.6 Å². The van der Waals surface area contributed by atoms with E-state index in [9.17, 15) is 9.59 Å². The van der Waals surface area contributed by atoms with Crippen molar-refractivity contribution in [3.63, 3.8) is 0 Å². The maximum Gasteiger partial charge on any atom is 0.303 e. The number of fused-ring (bicyclic) bond motifs is 1. The van der Waals surface area contributed by atoms with Crippen molar-refractivity contribution < 1.29 is 19.4 Å². The molecule has 2 N–H and O–H groups in total. The maximum atomic E-state index is 12.0. The minimum Gasteiger partial charge on any atom is -0.481 e. The molecule has 1 aliphatic rings. The Bertz CT molecular complexity index is 547. The summed E-state index contributed by atoms with van der Waals surface area (Å²) >= 11 is 5.92. The summed E-state index contributed by atoms with van der Waals surface area (Å²) in [5.74, 6) is -0.151. The quantitative estimate of drug-likeness (QED) is 0.721. The summed E-state index contributed by atoms with van der Waals surface area (Å²) in [6, 6.07) is 5.36. The number of carboxylic acids is 1. The molecule has 1 aliphatic heterocycles. The Morgan fingerprint density at radius 3 is 2.82 bits per heavy atom. The number of nitrogens with one attached hydrogen (secondary N) is 1. The monoisotopic (exact) mass is 325 g/mol. The van der Waals surface area contributed by atoms with E-state index < -0.39 is 12.1 Å². The molecule has 0 aliphatic carbocycles. The lowest BCUT2D eigenvalue weighted by atomic mass is 10.1. The SMILES string of the molecule is O=C(O)CCCCCCNC(=O)C1Cc2cc(Cl)ccc2O1. The molecule has 2 rings (SSSR count). The number of carboxylic acid groups (broad SMARTS) is 1. The van der Waals surface area contributed by atoms with E-state index in [4.69, 9.17) is 21.4 Å². The minimum atomic E-state index is -0.758. The molecule has 0 fully saturated rings. The second-order valence-electron chi connectivity index (χ2n) is 5.41. The Labute approximate surface area is 134 Å². The molecule has 5 nitrogen and oxygen atoms in total. The Morgan fingerprint density at radius 2 is 2.05 bits per heavy atom. The van der Waals surface area contributed by atoms with Gasteiger partial charge in [0.15, 0.2) is 6.10 Å². The van der Waals surface area contributed by atoms with Gasteiger partial charge in [-0.05, 0) is 36.6 Å². The Balaban J connectivity index is 1.62. The van der Waals surface area contributed by atoms with Gasteiger partial charge in [0.2, 0.25) is 0 Å². The minimum absolute atomic E-state index is 0.113. The molecule has 0 radical (unpaired) electrons. The molecular weight excluding hydrogens is 306 g/mol. The summed E-state index contributed by atoms with van der Waals surface area (Å²) in [7, 11) is 0. The van der Waals surface area contributed by atoms with Crippen LogP contribution in [0.4, 0.5) is 0 Å². The van der Waals surface area contributed by atoms with Crippen LogP contribution in [0.1, 0.15) is 37.7 Å². The molecule has 0 spiro atoms. The number of halogens is 1. The summed E-state index contributed by atoms with van der Waals surface area (Å²) in [6.07, 6.45) is 3.58. The lowest BCUT2D eigenvalue weighted by Crippen LogP contribution is -2.37. The fraction of sp³-hybridized carbons (Fsp3) is 0.500. The third-order valence-electron chi connectivity index (χ3n) is 3.61. The standard InChI is InChI=1S/C16H20ClNO4/c17-12-6-7-13-11(9-12)10-14(22-13)16(21)18-8-4-2-1-3-5-15(19)20/h6-7,9,14H,1-5,8,10H2,(H,18,21)(H,19,20). The van der Waals surface area contributed by atoms with E-state index in [0.717, 1.165) is 30.6 Å². The van der Waals surface area contributed by atoms with Crippen LogP contribution in [0.25, 0.3) is 0 Å². The largest absolute Gasteiger partial charge is 0.481 e. The second-order valence-corrected chi connectivity index (χ2v) is 5.85. The molecular formula is C16H20ClNO4. The van der Waals surface area contributed by atoms with Crippen molar-refractivity contribution in [1.29, 1.82) is 0 Å². The number of benzene rings is 1. The molecule has 0 aromatic heterocycles. The number of carbonyl (C=O) groups is 2. The molecule has 1 aromatic carbocycles. The van der Waals surface area contributed by atoms with Gasteiger partial charge in [-0.25, -0.2) is 0 Å². The number of hydrogen-bond acceptors (Lipinski definition) is 3. The molecule has 0 saturated carbocycles. The summed E-state index contributed by atoms with van der Waals surface area (Å²) in [5, 5.41) is 12.0. The van der Waals surface area contributed by atoms with Gasteiger partial charge in [-0.2, -0.15) is 0 Å². The predicted molar refractivity (Wildman–Crippen MR) is 83.3 cm³/mol. The number of rotatable bonds is 8. The highest BCUT2D eigenvalue weighted by atomic mass is 35.5. The van der Waals surface area contributed by atoms with Crippen LogP contribution in [-0.2, 0) is 16.0 Å². The van der Waals surface area contributed by atoms with Gasteiger partial charge < -0.3 is 15.2 Å². The summed E-state index contributed by atoms with van der Waals surface area (Å²) in [4.78, 5) is 22.4. The highest BCUT2D eigenvalue weighted by molar-refractivity contribution is 6.30. The number of amides is 1. The van der Waals surface area contributed by atoms with E-state index in [-0.39, 0.29) is 12.3 Å². The lowest BCUT2D eigenvalue weighted by Gasteiger charge is -2.11. The molecule has 1 atom stereocenters. The van der Waals surface area contributed by atoms with Gasteiger partial charge in [0, 0.05) is 24.4 Å². The number of carbonyl (C=O) groups excluding carboxylic acids is 1. The van der Waals surface area contributed by atoms with Gasteiger partial charge in [-0.3, -0.25) is 9.59 Å². The zero-order chi connectivity index (χ0) is 15.9. The highest BCUT2D eigenvalue weighted by Gasteiger charge is 2.28. The van der Waals surface area contributed by atoms with E-state index >= 15 is 0 Å². The van der Waals surface area contributed by atoms with Crippen LogP contribution in [-0.4, -0.2) is 29.6 Å². The first-order chi connectivity index (χ1) is 10.6. The van der Waals surface area contributed by atoms with Crippen LogP contribution >= 0.6 is 11.6 Å². The Morgan fingerprint density at radius 1 is 1.27 bits per heavy atom. The molecule has 22 heavy (non-hydrogen) atoms. The average Bonchev–Trinajstić information content (AvgIpc) is 2.88. The molecule has 1 heterocycles. The molecule has 6 heteroatoms. The van der Waals surface area contributed by atoms with Crippen molar-refractivity contribution in [3.8, 4) is 5.75 Å². The molecule has 1 unspecified atom stereocenters. The van der Waals surface area contributed by atoms with Crippen molar-refractivity contribution in [2.75, 3.05) is 6.54 Å². The molecule has 0 bridgehead atoms. The smallest absolute Gasteiger partial charge is 0.303 e. The highest BCUT2D eigenvalue weighted by Crippen LogP contribution is 2.31. The fourth-order valence-electron chi connectivity index (χ4n) is 2.44. The third kappa shape index (κ3) is 4.91. The van der Waals surface area contributed by atoms with Crippen molar-refractivity contribution >= 4 is 23.5 Å². The Hall–Kier alpha value is -1.75. The van der Waals surface area contributed by atoms with Gasteiger partial charge in [-0.1, -0.05) is 24.4 Å². The number of hydrogen-bond donors (Lipinski definition) is 2. The van der Waals surface area contributed by atoms with Crippen molar-refractivity contribution in [3.05, 3.63) is 28.8 Å². The van der Waals surface area contributed by atoms with E-state index in [1.165, 1.54) is 0 Å². The van der Waals surface area contributed by atoms with Crippen LogP contribution in [0.5, 0.6) is 5.75 Å². The van der Waals surface area contributed by atoms with E-state index in [2.05, 4.69) is 5.32 Å². The average molecular weight is 326 g/mol. The molecule has 1 aromatic rings. The summed E-state index contributed by atoms with van der Waals surface area (Å²) in [5.41, 5.74) is 0.960. The molecule has 1 amide bonds. The van der Waals surface area contributed by atoms with Gasteiger partial charge in [0.05, 0.1) is 0 Å². The van der Waals surface area contributed by atoms with Gasteiger partial charge >= 0.3 is 5.97 Å². The first kappa shape index (κ1) is 16.6. The van der Waals surface area contributed by atoms with E-state index in [1.54, 1.807) is 12.1 Å². The predicted octanol–water partition coefficient (Wildman–Crippen LogP) is 2.79. The summed E-state index contributed by atoms with van der Waals surface area (Å²) < 4.78 is 5.61. The topological polar surface area (TPSA) is 75.6 Å². The van der Waals surface area contributed by atoms with Crippen molar-refractivity contribution in [2.24, 2.45) is 0 Å². The normalized spacial score (nSPS) is 16.0. The first-order valence-corrected chi connectivity index (χ1v) is 7.88. The lowest BCUT2D eigenvalue weighted by molar-refractivity contribution is -0.137. The number of unbranched alkanes of at least 4 members (excludes halogenated alkanes) is 3. The second kappa shape index (κ2) is 8.03. The van der Waals surface area contributed by atoms with Crippen LogP contribution in [0.15, 0.2) is 18.2 Å². The van der Waals surface area contributed by atoms with Crippen LogP contribution in [0, 0.1) is 0 Å². The van der Waals surface area contributed by atoms with E-state index in [1.807, 2.05) is 6.07 Å². The van der Waals surface area contributed by atoms with Crippen molar-refractivity contribution in [1.82, 2.24) is 5.32 Å². The first-order valence-electron chi connectivity index (χ1n) is 7.51. The zero-order valence-corrected chi connectivity index (χ0v) is 13.1. The van der Waals surface area contributed by atoms with Gasteiger partial charge in [0.25, 0.3) is 5.91 Å². The summed E-state index contributed by atoms with van der Waals surface area (Å²) in [6.45, 7) is 0.586.